The fourth-order valence-corrected chi connectivity index (χ4v) is 9.32. The van der Waals surface area contributed by atoms with Gasteiger partial charge in [0.1, 0.15) is 0 Å². The SMILES string of the molecule is COc1cc(C2C3=CCC4C(=O)N(Cc5ccccc5)C(=O)C4C3CC3C(=O)C(c4ccccc4)=CC(=O)C32c2ccccc2)cc(OC)c1O. The zero-order valence-corrected chi connectivity index (χ0v) is 28.3. The van der Waals surface area contributed by atoms with Gasteiger partial charge in [-0.05, 0) is 59.2 Å². The molecule has 8 rings (SSSR count). The predicted octanol–water partition coefficient (Wildman–Crippen LogP) is 6.43. The van der Waals surface area contributed by atoms with Gasteiger partial charge in [-0.2, -0.15) is 0 Å². The number of methoxy groups -OCH3 is 2. The van der Waals surface area contributed by atoms with Crippen molar-refractivity contribution in [2.24, 2.45) is 23.7 Å². The van der Waals surface area contributed by atoms with Crippen molar-refractivity contribution >= 4 is 29.0 Å². The fraction of sp³-hybridized carbons (Fsp3) is 0.256. The number of hydrogen-bond donors (Lipinski definition) is 1. The van der Waals surface area contributed by atoms with E-state index in [1.165, 1.54) is 25.2 Å². The van der Waals surface area contributed by atoms with E-state index in [9.17, 15) is 14.7 Å². The van der Waals surface area contributed by atoms with Gasteiger partial charge in [-0.25, -0.2) is 0 Å². The Bertz CT molecular complexity index is 2100. The highest BCUT2D eigenvalue weighted by Gasteiger charge is 2.66. The number of rotatable bonds is 7. The third-order valence-corrected chi connectivity index (χ3v) is 11.5. The molecule has 51 heavy (non-hydrogen) atoms. The summed E-state index contributed by atoms with van der Waals surface area (Å²) in [5, 5.41) is 11.0. The van der Waals surface area contributed by atoms with E-state index in [-0.39, 0.29) is 53.6 Å². The van der Waals surface area contributed by atoms with Crippen molar-refractivity contribution in [3.63, 3.8) is 0 Å². The van der Waals surface area contributed by atoms with Gasteiger partial charge in [0.2, 0.25) is 17.6 Å². The molecule has 4 aliphatic rings. The smallest absolute Gasteiger partial charge is 0.234 e. The average molecular weight is 680 g/mol. The molecule has 2 amide bonds. The maximum Gasteiger partial charge on any atom is 0.234 e. The number of fused-ring (bicyclic) bond motifs is 4. The van der Waals surface area contributed by atoms with Crippen LogP contribution in [0.15, 0.2) is 121 Å². The molecular weight excluding hydrogens is 642 g/mol. The van der Waals surface area contributed by atoms with Gasteiger partial charge in [-0.15, -0.1) is 0 Å². The van der Waals surface area contributed by atoms with Crippen molar-refractivity contribution < 1.29 is 33.8 Å². The first-order valence-electron chi connectivity index (χ1n) is 17.2. The molecule has 8 nitrogen and oxygen atoms in total. The van der Waals surface area contributed by atoms with Crippen molar-refractivity contribution in [3.8, 4) is 17.2 Å². The Hall–Kier alpha value is -5.76. The summed E-state index contributed by atoms with van der Waals surface area (Å²) in [6.45, 7) is 0.166. The molecule has 6 unspecified atom stereocenters. The number of Topliss-reactive ketones (excluding diaryl/α,β-unsaturated/α-hetero) is 1. The van der Waals surface area contributed by atoms with Crippen LogP contribution in [0.4, 0.5) is 0 Å². The molecule has 0 spiro atoms. The zero-order valence-electron chi connectivity index (χ0n) is 28.3. The van der Waals surface area contributed by atoms with Gasteiger partial charge >= 0.3 is 0 Å². The minimum atomic E-state index is -1.41. The molecule has 4 aromatic rings. The second-order valence-electron chi connectivity index (χ2n) is 13.8. The number of phenolic OH excluding ortho intramolecular Hbond substituents is 1. The van der Waals surface area contributed by atoms with Gasteiger partial charge in [-0.3, -0.25) is 24.1 Å². The van der Waals surface area contributed by atoms with Crippen LogP contribution in [0.2, 0.25) is 0 Å². The summed E-state index contributed by atoms with van der Waals surface area (Å²) in [6.07, 6.45) is 4.03. The van der Waals surface area contributed by atoms with E-state index in [1.807, 2.05) is 97.1 Å². The third kappa shape index (κ3) is 4.88. The Balaban J connectivity index is 1.36. The number of likely N-dealkylation sites (tertiary alicyclic amines) is 1. The number of amides is 2. The fourth-order valence-electron chi connectivity index (χ4n) is 9.32. The van der Waals surface area contributed by atoms with Crippen LogP contribution < -0.4 is 9.47 Å². The number of nitrogens with zero attached hydrogens (tertiary/aromatic N) is 1. The van der Waals surface area contributed by atoms with Crippen LogP contribution in [0.3, 0.4) is 0 Å². The van der Waals surface area contributed by atoms with E-state index in [2.05, 4.69) is 0 Å². The minimum absolute atomic E-state index is 0.150. The zero-order chi connectivity index (χ0) is 35.4. The number of imide groups is 1. The van der Waals surface area contributed by atoms with Gasteiger partial charge in [-0.1, -0.05) is 103 Å². The third-order valence-electron chi connectivity index (χ3n) is 11.5. The van der Waals surface area contributed by atoms with Crippen molar-refractivity contribution in [1.29, 1.82) is 0 Å². The molecule has 1 saturated heterocycles. The second-order valence-corrected chi connectivity index (χ2v) is 13.8. The monoisotopic (exact) mass is 679 g/mol. The predicted molar refractivity (Wildman–Crippen MR) is 190 cm³/mol. The molecule has 0 radical (unpaired) electrons. The number of carbonyl (C=O) groups excluding carboxylic acids is 4. The summed E-state index contributed by atoms with van der Waals surface area (Å²) < 4.78 is 11.2. The number of allylic oxidation sites excluding steroid dienone is 4. The van der Waals surface area contributed by atoms with Crippen LogP contribution in [0, 0.1) is 23.7 Å². The first-order valence-corrected chi connectivity index (χ1v) is 17.2. The molecule has 0 bridgehead atoms. The Morgan fingerprint density at radius 2 is 1.39 bits per heavy atom. The second kappa shape index (κ2) is 12.5. The molecule has 6 atom stereocenters. The standard InChI is InChI=1S/C43H37NO7/c1-50-34-20-27(21-35(51-2)40(34)47)38-29-18-19-30-37(42(49)44(41(30)48)24-25-12-6-3-7-13-25)32(29)22-33-39(46)31(26-14-8-4-9-15-26)23-36(45)43(33,38)28-16-10-5-11-17-28/h3-18,20-21,23,30,32-33,37-38,47H,19,22,24H2,1-2H3. The first-order chi connectivity index (χ1) is 24.8. The summed E-state index contributed by atoms with van der Waals surface area (Å²) in [5.74, 6) is -4.22. The maximum atomic E-state index is 15.2. The molecule has 0 aromatic heterocycles. The van der Waals surface area contributed by atoms with Crippen molar-refractivity contribution in [3.05, 3.63) is 143 Å². The normalized spacial score (nSPS) is 26.9. The van der Waals surface area contributed by atoms with E-state index in [4.69, 9.17) is 9.47 Å². The van der Waals surface area contributed by atoms with Crippen molar-refractivity contribution in [1.82, 2.24) is 4.90 Å². The largest absolute Gasteiger partial charge is 0.502 e. The molecule has 1 N–H and O–H groups in total. The van der Waals surface area contributed by atoms with Crippen LogP contribution >= 0.6 is 0 Å². The Labute approximate surface area is 296 Å². The molecule has 256 valence electrons. The van der Waals surface area contributed by atoms with Gasteiger partial charge in [0.15, 0.2) is 23.1 Å². The van der Waals surface area contributed by atoms with Crippen LogP contribution in [0.25, 0.3) is 5.57 Å². The molecule has 1 heterocycles. The van der Waals surface area contributed by atoms with Crippen LogP contribution in [-0.4, -0.2) is 47.6 Å². The van der Waals surface area contributed by atoms with Crippen molar-refractivity contribution in [2.45, 2.75) is 30.7 Å². The van der Waals surface area contributed by atoms with Gasteiger partial charge < -0.3 is 14.6 Å². The molecule has 1 saturated carbocycles. The lowest BCUT2D eigenvalue weighted by atomic mass is 9.44. The van der Waals surface area contributed by atoms with Crippen molar-refractivity contribution in [2.75, 3.05) is 14.2 Å². The summed E-state index contributed by atoms with van der Waals surface area (Å²) in [6, 6.07) is 31.4. The molecule has 8 heteroatoms. The topological polar surface area (TPSA) is 110 Å². The van der Waals surface area contributed by atoms with E-state index in [1.54, 1.807) is 12.1 Å². The summed E-state index contributed by atoms with van der Waals surface area (Å²) in [7, 11) is 2.88. The summed E-state index contributed by atoms with van der Waals surface area (Å²) >= 11 is 0. The highest BCUT2D eigenvalue weighted by Crippen LogP contribution is 2.64. The Morgan fingerprint density at radius 3 is 2.02 bits per heavy atom. The van der Waals surface area contributed by atoms with Gasteiger partial charge in [0.25, 0.3) is 0 Å². The molecule has 4 aromatic carbocycles. The summed E-state index contributed by atoms with van der Waals surface area (Å²) in [5.41, 5.74) is 2.51. The molecular formula is C43H37NO7. The highest BCUT2D eigenvalue weighted by atomic mass is 16.5. The number of benzene rings is 4. The molecule has 3 aliphatic carbocycles. The van der Waals surface area contributed by atoms with E-state index in [0.717, 1.165) is 11.1 Å². The van der Waals surface area contributed by atoms with Gasteiger partial charge in [0.05, 0.1) is 38.0 Å². The van der Waals surface area contributed by atoms with Crippen LogP contribution in [0.1, 0.15) is 41.0 Å². The number of ether oxygens (including phenoxy) is 2. The average Bonchev–Trinajstić information content (AvgIpc) is 3.41. The van der Waals surface area contributed by atoms with E-state index < -0.39 is 35.0 Å². The maximum absolute atomic E-state index is 15.2. The lowest BCUT2D eigenvalue weighted by molar-refractivity contribution is -0.141. The first kappa shape index (κ1) is 32.4. The number of phenols is 1. The van der Waals surface area contributed by atoms with E-state index >= 15 is 9.59 Å². The number of aromatic hydroxyl groups is 1. The lowest BCUT2D eigenvalue weighted by Gasteiger charge is -2.55. The molecule has 1 aliphatic heterocycles. The number of carbonyl (C=O) groups is 4. The summed E-state index contributed by atoms with van der Waals surface area (Å²) in [4.78, 5) is 60.1. The van der Waals surface area contributed by atoms with Gasteiger partial charge in [0, 0.05) is 17.4 Å². The number of hydrogen-bond acceptors (Lipinski definition) is 7. The highest BCUT2D eigenvalue weighted by molar-refractivity contribution is 6.31. The number of ketones is 2. The van der Waals surface area contributed by atoms with Crippen LogP contribution in [0.5, 0.6) is 17.2 Å². The quantitative estimate of drug-likeness (QED) is 0.177. The minimum Gasteiger partial charge on any atom is -0.502 e. The van der Waals surface area contributed by atoms with Crippen LogP contribution in [-0.2, 0) is 31.1 Å². The lowest BCUT2D eigenvalue weighted by Crippen LogP contribution is -2.58. The molecule has 2 fully saturated rings. The Kier molecular flexibility index (Phi) is 7.97. The Morgan fingerprint density at radius 1 is 0.784 bits per heavy atom. The van der Waals surface area contributed by atoms with E-state index in [0.29, 0.717) is 28.7 Å².